The molecule has 7 heteroatoms. The molecule has 2 aliphatic heterocycles. The fourth-order valence-electron chi connectivity index (χ4n) is 6.69. The summed E-state index contributed by atoms with van der Waals surface area (Å²) in [4.78, 5) is 25.0. The molecule has 2 saturated heterocycles. The van der Waals surface area contributed by atoms with Gasteiger partial charge in [0, 0.05) is 12.3 Å². The molecule has 39 heavy (non-hydrogen) atoms. The van der Waals surface area contributed by atoms with Crippen molar-refractivity contribution in [2.75, 3.05) is 0 Å². The van der Waals surface area contributed by atoms with Gasteiger partial charge in [-0.3, -0.25) is 4.79 Å². The predicted molar refractivity (Wildman–Crippen MR) is 151 cm³/mol. The van der Waals surface area contributed by atoms with E-state index in [0.717, 1.165) is 44.9 Å². The van der Waals surface area contributed by atoms with Crippen molar-refractivity contribution < 1.29 is 34.4 Å². The number of Topliss-reactive ketones (excluding diaryl/α,β-unsaturated/α-hetero) is 1. The number of aryl methyl sites for hydroxylation is 2. The number of carbonyl (C=O) groups is 2. The molecule has 1 aromatic rings. The number of carboxylic acids is 1. The lowest BCUT2D eigenvalue weighted by Gasteiger charge is -2.47. The molecule has 0 aliphatic carbocycles. The lowest BCUT2D eigenvalue weighted by Crippen LogP contribution is -2.55. The summed E-state index contributed by atoms with van der Waals surface area (Å²) in [5.74, 6) is -0.952. The van der Waals surface area contributed by atoms with Gasteiger partial charge in [0.2, 0.25) is 0 Å². The van der Waals surface area contributed by atoms with Gasteiger partial charge in [-0.15, -0.1) is 0 Å². The number of ether oxygens (including phenoxy) is 2. The number of carbonyl (C=O) groups excluding carboxylic acids is 1. The number of ketones is 1. The van der Waals surface area contributed by atoms with Gasteiger partial charge in [0.25, 0.3) is 0 Å². The van der Waals surface area contributed by atoms with E-state index in [9.17, 15) is 24.9 Å². The maximum atomic E-state index is 13.4. The van der Waals surface area contributed by atoms with Gasteiger partial charge in [-0.05, 0) is 95.1 Å². The van der Waals surface area contributed by atoms with E-state index in [1.165, 1.54) is 0 Å². The zero-order valence-corrected chi connectivity index (χ0v) is 24.8. The largest absolute Gasteiger partial charge is 0.507 e. The molecule has 0 bridgehead atoms. The zero-order valence-electron chi connectivity index (χ0n) is 24.8. The van der Waals surface area contributed by atoms with Crippen molar-refractivity contribution in [1.29, 1.82) is 0 Å². The first kappa shape index (κ1) is 31.6. The second-order valence-corrected chi connectivity index (χ2v) is 12.1. The van der Waals surface area contributed by atoms with Crippen LogP contribution in [0.4, 0.5) is 0 Å². The second kappa shape index (κ2) is 13.1. The molecular weight excluding hydrogens is 496 g/mol. The molecule has 0 saturated carbocycles. The van der Waals surface area contributed by atoms with E-state index < -0.39 is 17.2 Å². The molecule has 3 rings (SSSR count). The van der Waals surface area contributed by atoms with Crippen molar-refractivity contribution in [2.45, 2.75) is 142 Å². The molecule has 1 aromatic carbocycles. The van der Waals surface area contributed by atoms with Gasteiger partial charge in [0.05, 0.1) is 29.5 Å². The van der Waals surface area contributed by atoms with Crippen molar-refractivity contribution in [3.8, 4) is 5.75 Å². The highest BCUT2D eigenvalue weighted by molar-refractivity contribution is 5.93. The summed E-state index contributed by atoms with van der Waals surface area (Å²) in [5.41, 5.74) is -0.0263. The van der Waals surface area contributed by atoms with Crippen LogP contribution in [0, 0.1) is 18.8 Å². The van der Waals surface area contributed by atoms with Crippen LogP contribution < -0.4 is 0 Å². The van der Waals surface area contributed by atoms with Crippen LogP contribution >= 0.6 is 0 Å². The Labute approximate surface area is 234 Å². The minimum Gasteiger partial charge on any atom is -0.507 e. The molecule has 0 aromatic heterocycles. The Hall–Kier alpha value is -1.96. The monoisotopic (exact) mass is 546 g/mol. The third-order valence-corrected chi connectivity index (χ3v) is 9.77. The fourth-order valence-corrected chi connectivity index (χ4v) is 6.69. The molecule has 1 unspecified atom stereocenters. The van der Waals surface area contributed by atoms with E-state index in [4.69, 9.17) is 9.47 Å². The summed E-state index contributed by atoms with van der Waals surface area (Å²) in [6.07, 6.45) is 7.47. The minimum absolute atomic E-state index is 0.0159. The van der Waals surface area contributed by atoms with E-state index in [1.807, 2.05) is 13.8 Å². The molecule has 0 radical (unpaired) electrons. The van der Waals surface area contributed by atoms with Crippen LogP contribution in [0.3, 0.4) is 0 Å². The first-order valence-corrected chi connectivity index (χ1v) is 15.0. The van der Waals surface area contributed by atoms with E-state index in [-0.39, 0.29) is 47.2 Å². The van der Waals surface area contributed by atoms with Gasteiger partial charge in [0.15, 0.2) is 0 Å². The molecule has 2 aliphatic rings. The quantitative estimate of drug-likeness (QED) is 0.263. The summed E-state index contributed by atoms with van der Waals surface area (Å²) in [6, 6.07) is 3.53. The molecule has 220 valence electrons. The summed E-state index contributed by atoms with van der Waals surface area (Å²) in [5, 5.41) is 30.6. The van der Waals surface area contributed by atoms with E-state index in [1.54, 1.807) is 19.1 Å². The van der Waals surface area contributed by atoms with Crippen LogP contribution in [-0.4, -0.2) is 56.6 Å². The highest BCUT2D eigenvalue weighted by Gasteiger charge is 2.52. The summed E-state index contributed by atoms with van der Waals surface area (Å²) < 4.78 is 13.1. The third-order valence-electron chi connectivity index (χ3n) is 9.77. The van der Waals surface area contributed by atoms with Gasteiger partial charge >= 0.3 is 5.97 Å². The number of hydrogen-bond donors (Lipinski definition) is 3. The highest BCUT2D eigenvalue weighted by Crippen LogP contribution is 2.46. The third kappa shape index (κ3) is 6.86. The molecule has 7 nitrogen and oxygen atoms in total. The zero-order chi connectivity index (χ0) is 29.0. The van der Waals surface area contributed by atoms with Gasteiger partial charge in [-0.25, -0.2) is 4.79 Å². The Morgan fingerprint density at radius 1 is 1.10 bits per heavy atom. The number of benzene rings is 1. The van der Waals surface area contributed by atoms with Crippen LogP contribution in [0.5, 0.6) is 5.75 Å². The summed E-state index contributed by atoms with van der Waals surface area (Å²) >= 11 is 0. The Kier molecular flexibility index (Phi) is 10.6. The minimum atomic E-state index is -1.12. The van der Waals surface area contributed by atoms with Crippen molar-refractivity contribution >= 4 is 11.8 Å². The van der Waals surface area contributed by atoms with Crippen LogP contribution in [-0.2, 0) is 20.7 Å². The standard InChI is InChI=1S/C32H50O7/c1-7-24(26-16-19-32(9-3,39-26)27-17-18-31(37,8-2)22(6)38-27)25(33)15-11-20(4)10-13-23-14-12-21(5)29(34)28(23)30(35)36/h12,14,20,22,24,26-27,34,37H,7-11,13,15-19H2,1-6H3,(H,35,36)/t20-,22+,24+,26+,27?,31-,32+/m1/s1. The van der Waals surface area contributed by atoms with Gasteiger partial charge in [0.1, 0.15) is 17.1 Å². The van der Waals surface area contributed by atoms with Gasteiger partial charge in [-0.1, -0.05) is 39.8 Å². The Bertz CT molecular complexity index is 1010. The van der Waals surface area contributed by atoms with Crippen molar-refractivity contribution in [1.82, 2.24) is 0 Å². The van der Waals surface area contributed by atoms with Gasteiger partial charge < -0.3 is 24.8 Å². The average Bonchev–Trinajstić information content (AvgIpc) is 3.35. The lowest BCUT2D eigenvalue weighted by molar-refractivity contribution is -0.229. The number of carboxylic acid groups (broad SMARTS) is 1. The Morgan fingerprint density at radius 2 is 1.82 bits per heavy atom. The molecule has 2 fully saturated rings. The van der Waals surface area contributed by atoms with Crippen LogP contribution in [0.25, 0.3) is 0 Å². The van der Waals surface area contributed by atoms with E-state index in [0.29, 0.717) is 36.8 Å². The SMILES string of the molecule is CC[C@@H](C(=O)CC[C@H](C)CCc1ccc(C)c(O)c1C(=O)O)[C@@H]1CC[C@@](CC)(C2CC[C@](O)(CC)[C@H](C)O2)O1. The topological polar surface area (TPSA) is 113 Å². The number of rotatable bonds is 13. The van der Waals surface area contributed by atoms with E-state index >= 15 is 0 Å². The second-order valence-electron chi connectivity index (χ2n) is 12.1. The normalized spacial score (nSPS) is 30.7. The van der Waals surface area contributed by atoms with Crippen LogP contribution in [0.1, 0.15) is 120 Å². The van der Waals surface area contributed by atoms with E-state index in [2.05, 4.69) is 20.8 Å². The Balaban J connectivity index is 1.55. The molecule has 3 N–H and O–H groups in total. The average molecular weight is 547 g/mol. The summed E-state index contributed by atoms with van der Waals surface area (Å²) in [6.45, 7) is 11.9. The van der Waals surface area contributed by atoms with Gasteiger partial charge in [-0.2, -0.15) is 0 Å². The molecule has 2 heterocycles. The van der Waals surface area contributed by atoms with Crippen LogP contribution in [0.2, 0.25) is 0 Å². The fraction of sp³-hybridized carbons (Fsp3) is 0.750. The number of phenols is 1. The first-order valence-electron chi connectivity index (χ1n) is 15.0. The predicted octanol–water partition coefficient (Wildman–Crippen LogP) is 6.38. The molecule has 0 spiro atoms. The Morgan fingerprint density at radius 3 is 2.41 bits per heavy atom. The number of aliphatic hydroxyl groups is 1. The highest BCUT2D eigenvalue weighted by atomic mass is 16.6. The number of hydrogen-bond acceptors (Lipinski definition) is 6. The maximum Gasteiger partial charge on any atom is 0.339 e. The molecule has 7 atom stereocenters. The smallest absolute Gasteiger partial charge is 0.339 e. The van der Waals surface area contributed by atoms with Crippen molar-refractivity contribution in [3.63, 3.8) is 0 Å². The molecular formula is C32H50O7. The lowest BCUT2D eigenvalue weighted by atomic mass is 9.79. The van der Waals surface area contributed by atoms with Crippen LogP contribution in [0.15, 0.2) is 12.1 Å². The number of aromatic hydroxyl groups is 1. The van der Waals surface area contributed by atoms with Crippen molar-refractivity contribution in [3.05, 3.63) is 28.8 Å². The first-order chi connectivity index (χ1) is 18.4. The summed E-state index contributed by atoms with van der Waals surface area (Å²) in [7, 11) is 0. The van der Waals surface area contributed by atoms with Crippen molar-refractivity contribution in [2.24, 2.45) is 11.8 Å². The molecule has 0 amide bonds. The maximum absolute atomic E-state index is 13.4. The number of aromatic carboxylic acids is 1.